The molecular weight excluding hydrogens is 344 g/mol. The second-order valence-corrected chi connectivity index (χ2v) is 8.25. The Kier molecular flexibility index (Phi) is 5.53. The molecule has 0 bridgehead atoms. The van der Waals surface area contributed by atoms with Crippen molar-refractivity contribution in [2.24, 2.45) is 5.92 Å². The first-order chi connectivity index (χ1) is 12.8. The number of anilines is 1. The predicted octanol–water partition coefficient (Wildman–Crippen LogP) is 2.77. The highest BCUT2D eigenvalue weighted by Crippen LogP contribution is 2.25. The third-order valence-electron chi connectivity index (χ3n) is 4.73. The van der Waals surface area contributed by atoms with E-state index in [2.05, 4.69) is 33.0 Å². The Balaban J connectivity index is 1.71. The molecule has 0 radical (unpaired) electrons. The van der Waals surface area contributed by atoms with Gasteiger partial charge < -0.3 is 14.5 Å². The van der Waals surface area contributed by atoms with Crippen molar-refractivity contribution in [2.45, 2.75) is 52.6 Å². The van der Waals surface area contributed by atoms with Gasteiger partial charge >= 0.3 is 6.09 Å². The minimum absolute atomic E-state index is 0.268. The van der Waals surface area contributed by atoms with Crippen molar-refractivity contribution in [3.63, 3.8) is 0 Å². The van der Waals surface area contributed by atoms with Crippen LogP contribution in [-0.2, 0) is 11.2 Å². The van der Waals surface area contributed by atoms with Gasteiger partial charge in [-0.15, -0.1) is 0 Å². The summed E-state index contributed by atoms with van der Waals surface area (Å²) in [4.78, 5) is 25.1. The molecular formula is C19H30N6O2. The van der Waals surface area contributed by atoms with Gasteiger partial charge in [0.05, 0.1) is 0 Å². The van der Waals surface area contributed by atoms with Gasteiger partial charge in [-0.05, 0) is 46.0 Å². The van der Waals surface area contributed by atoms with Crippen molar-refractivity contribution in [2.75, 3.05) is 31.6 Å². The molecule has 27 heavy (non-hydrogen) atoms. The van der Waals surface area contributed by atoms with E-state index in [1.807, 2.05) is 27.8 Å². The number of rotatable bonds is 4. The quantitative estimate of drug-likeness (QED) is 0.819. The Hall–Kier alpha value is -2.38. The van der Waals surface area contributed by atoms with Crippen molar-refractivity contribution in [1.29, 1.82) is 0 Å². The minimum atomic E-state index is -0.476. The van der Waals surface area contributed by atoms with Crippen LogP contribution in [0.2, 0.25) is 0 Å². The van der Waals surface area contributed by atoms with Gasteiger partial charge in [0.1, 0.15) is 17.7 Å². The Morgan fingerprint density at radius 3 is 2.89 bits per heavy atom. The molecule has 3 rings (SSSR count). The number of aryl methyl sites for hydroxylation is 1. The SMILES string of the molecule is CCc1cc(N2CCCC(CN(C)C(=O)OC(C)(C)C)C2)n2ncnc2n1. The fourth-order valence-electron chi connectivity index (χ4n) is 3.47. The molecule has 0 aliphatic carbocycles. The van der Waals surface area contributed by atoms with Gasteiger partial charge in [-0.2, -0.15) is 14.6 Å². The number of hydrogen-bond acceptors (Lipinski definition) is 6. The van der Waals surface area contributed by atoms with E-state index in [1.54, 1.807) is 15.7 Å². The van der Waals surface area contributed by atoms with Crippen molar-refractivity contribution in [3.8, 4) is 0 Å². The molecule has 2 aromatic heterocycles. The molecule has 1 amide bonds. The monoisotopic (exact) mass is 374 g/mol. The van der Waals surface area contributed by atoms with E-state index < -0.39 is 5.60 Å². The Bertz CT molecular complexity index is 797. The van der Waals surface area contributed by atoms with E-state index >= 15 is 0 Å². The average Bonchev–Trinajstić information content (AvgIpc) is 3.08. The Morgan fingerprint density at radius 1 is 1.41 bits per heavy atom. The van der Waals surface area contributed by atoms with Gasteiger partial charge in [-0.3, -0.25) is 0 Å². The molecule has 1 atom stereocenters. The molecule has 0 N–H and O–H groups in total. The van der Waals surface area contributed by atoms with Crippen LogP contribution in [0.4, 0.5) is 10.6 Å². The zero-order valence-corrected chi connectivity index (χ0v) is 17.0. The first kappa shape index (κ1) is 19.4. The van der Waals surface area contributed by atoms with Gasteiger partial charge in [-0.25, -0.2) is 9.78 Å². The summed E-state index contributed by atoms with van der Waals surface area (Å²) in [6.45, 7) is 10.3. The average molecular weight is 374 g/mol. The Labute approximate surface area is 160 Å². The summed E-state index contributed by atoms with van der Waals surface area (Å²) in [5.41, 5.74) is 0.537. The van der Waals surface area contributed by atoms with Crippen LogP contribution >= 0.6 is 0 Å². The fourth-order valence-corrected chi connectivity index (χ4v) is 3.47. The van der Waals surface area contributed by atoms with E-state index in [-0.39, 0.29) is 6.09 Å². The fraction of sp³-hybridized carbons (Fsp3) is 0.684. The van der Waals surface area contributed by atoms with Gasteiger partial charge in [0.25, 0.3) is 5.78 Å². The number of aromatic nitrogens is 4. The number of ether oxygens (including phenoxy) is 1. The number of hydrogen-bond donors (Lipinski definition) is 0. The lowest BCUT2D eigenvalue weighted by molar-refractivity contribution is 0.0269. The summed E-state index contributed by atoms with van der Waals surface area (Å²) in [7, 11) is 1.81. The summed E-state index contributed by atoms with van der Waals surface area (Å²) in [5, 5.41) is 4.34. The standard InChI is InChI=1S/C19H30N6O2/c1-6-15-10-16(25-17(22-15)20-13-21-25)24-9-7-8-14(12-24)11-23(5)18(26)27-19(2,3)4/h10,13-14H,6-9,11-12H2,1-5H3. The normalized spacial score (nSPS) is 18.0. The third kappa shape index (κ3) is 4.67. The maximum Gasteiger partial charge on any atom is 0.410 e. The maximum absolute atomic E-state index is 12.3. The smallest absolute Gasteiger partial charge is 0.410 e. The van der Waals surface area contributed by atoms with E-state index in [0.29, 0.717) is 18.2 Å². The first-order valence-electron chi connectivity index (χ1n) is 9.65. The second kappa shape index (κ2) is 7.70. The highest BCUT2D eigenvalue weighted by atomic mass is 16.6. The van der Waals surface area contributed by atoms with Crippen LogP contribution in [0.3, 0.4) is 0 Å². The number of carbonyl (C=O) groups excluding carboxylic acids is 1. The van der Waals surface area contributed by atoms with Crippen LogP contribution < -0.4 is 4.90 Å². The highest BCUT2D eigenvalue weighted by Gasteiger charge is 2.27. The largest absolute Gasteiger partial charge is 0.444 e. The molecule has 2 aromatic rings. The molecule has 8 heteroatoms. The van der Waals surface area contributed by atoms with Crippen LogP contribution in [0.5, 0.6) is 0 Å². The van der Waals surface area contributed by atoms with Crippen molar-refractivity contribution >= 4 is 17.7 Å². The lowest BCUT2D eigenvalue weighted by atomic mass is 9.97. The number of amides is 1. The van der Waals surface area contributed by atoms with Crippen LogP contribution in [0.25, 0.3) is 5.78 Å². The van der Waals surface area contributed by atoms with Gasteiger partial charge in [0, 0.05) is 38.4 Å². The number of carbonyl (C=O) groups is 1. The summed E-state index contributed by atoms with van der Waals surface area (Å²) in [6.07, 6.45) is 4.30. The summed E-state index contributed by atoms with van der Waals surface area (Å²) in [6, 6.07) is 2.10. The van der Waals surface area contributed by atoms with Crippen LogP contribution in [-0.4, -0.2) is 62.9 Å². The molecule has 1 unspecified atom stereocenters. The van der Waals surface area contributed by atoms with E-state index in [4.69, 9.17) is 4.74 Å². The third-order valence-corrected chi connectivity index (χ3v) is 4.73. The summed E-state index contributed by atoms with van der Waals surface area (Å²) >= 11 is 0. The molecule has 0 spiro atoms. The van der Waals surface area contributed by atoms with E-state index in [9.17, 15) is 4.79 Å². The van der Waals surface area contributed by atoms with Crippen LogP contribution in [0.15, 0.2) is 12.4 Å². The van der Waals surface area contributed by atoms with Crippen molar-refractivity contribution < 1.29 is 9.53 Å². The zero-order chi connectivity index (χ0) is 19.6. The molecule has 1 aliphatic heterocycles. The highest BCUT2D eigenvalue weighted by molar-refractivity contribution is 5.67. The number of fused-ring (bicyclic) bond motifs is 1. The molecule has 1 saturated heterocycles. The molecule has 0 aromatic carbocycles. The molecule has 148 valence electrons. The van der Waals surface area contributed by atoms with Crippen molar-refractivity contribution in [3.05, 3.63) is 18.1 Å². The Morgan fingerprint density at radius 2 is 2.19 bits per heavy atom. The van der Waals surface area contributed by atoms with Gasteiger partial charge in [0.15, 0.2) is 0 Å². The number of piperidine rings is 1. The first-order valence-corrected chi connectivity index (χ1v) is 9.65. The minimum Gasteiger partial charge on any atom is -0.444 e. The summed E-state index contributed by atoms with van der Waals surface area (Å²) in [5.74, 6) is 2.05. The van der Waals surface area contributed by atoms with E-state index in [1.165, 1.54) is 0 Å². The van der Waals surface area contributed by atoms with Crippen LogP contribution in [0, 0.1) is 5.92 Å². The van der Waals surface area contributed by atoms with Gasteiger partial charge in [0.2, 0.25) is 0 Å². The molecule has 0 saturated carbocycles. The van der Waals surface area contributed by atoms with Crippen LogP contribution in [0.1, 0.15) is 46.2 Å². The predicted molar refractivity (Wildman–Crippen MR) is 104 cm³/mol. The van der Waals surface area contributed by atoms with E-state index in [0.717, 1.165) is 43.9 Å². The maximum atomic E-state index is 12.3. The topological polar surface area (TPSA) is 75.9 Å². The lowest BCUT2D eigenvalue weighted by Gasteiger charge is -2.36. The lowest BCUT2D eigenvalue weighted by Crippen LogP contribution is -2.43. The second-order valence-electron chi connectivity index (χ2n) is 8.25. The number of nitrogens with zero attached hydrogens (tertiary/aromatic N) is 6. The van der Waals surface area contributed by atoms with Crippen molar-refractivity contribution in [1.82, 2.24) is 24.5 Å². The summed E-state index contributed by atoms with van der Waals surface area (Å²) < 4.78 is 7.28. The molecule has 1 fully saturated rings. The zero-order valence-electron chi connectivity index (χ0n) is 17.0. The molecule has 8 nitrogen and oxygen atoms in total. The van der Waals surface area contributed by atoms with Gasteiger partial charge in [-0.1, -0.05) is 6.92 Å². The molecule has 1 aliphatic rings. The molecule has 3 heterocycles.